The maximum atomic E-state index is 11.4. The number of aromatic nitrogens is 2. The van der Waals surface area contributed by atoms with E-state index in [0.717, 1.165) is 30.9 Å². The molecular formula is C16H18Cl2N4O5S. The van der Waals surface area contributed by atoms with Crippen LogP contribution in [0.15, 0.2) is 29.4 Å². The van der Waals surface area contributed by atoms with Gasteiger partial charge in [0.15, 0.2) is 0 Å². The molecule has 0 aliphatic rings. The SMILES string of the molecule is COC(=O)c1cccc(C(N)=O)c1S(N)(=O)=O.Cc1ncnc(Cl)c1CCCl. The zero-order chi connectivity index (χ0) is 21.5. The topological polar surface area (TPSA) is 155 Å². The Bertz CT molecular complexity index is 963. The molecule has 0 aliphatic heterocycles. The Kier molecular flexibility index (Phi) is 8.76. The van der Waals surface area contributed by atoms with Crippen molar-refractivity contribution < 1.29 is 22.7 Å². The summed E-state index contributed by atoms with van der Waals surface area (Å²) in [5, 5.41) is 5.46. The van der Waals surface area contributed by atoms with Crippen LogP contribution < -0.4 is 10.9 Å². The number of primary amides is 1. The fraction of sp³-hybridized carbons (Fsp3) is 0.250. The summed E-state index contributed by atoms with van der Waals surface area (Å²) >= 11 is 11.4. The van der Waals surface area contributed by atoms with Crippen LogP contribution in [0.5, 0.6) is 0 Å². The monoisotopic (exact) mass is 448 g/mol. The number of amides is 1. The highest BCUT2D eigenvalue weighted by molar-refractivity contribution is 7.89. The first-order chi connectivity index (χ1) is 13.0. The Labute approximate surface area is 172 Å². The van der Waals surface area contributed by atoms with Gasteiger partial charge in [-0.2, -0.15) is 0 Å². The lowest BCUT2D eigenvalue weighted by Crippen LogP contribution is -2.24. The second kappa shape index (κ2) is 10.3. The molecule has 152 valence electrons. The number of ether oxygens (including phenoxy) is 1. The molecule has 0 unspecified atom stereocenters. The fourth-order valence-corrected chi connectivity index (χ4v) is 3.56. The van der Waals surface area contributed by atoms with Crippen molar-refractivity contribution in [3.63, 3.8) is 0 Å². The van der Waals surface area contributed by atoms with E-state index < -0.39 is 26.8 Å². The highest BCUT2D eigenvalue weighted by Crippen LogP contribution is 2.20. The molecule has 2 rings (SSSR count). The number of carbonyl (C=O) groups excluding carboxylic acids is 2. The first-order valence-electron chi connectivity index (χ1n) is 7.60. The minimum Gasteiger partial charge on any atom is -0.465 e. The van der Waals surface area contributed by atoms with Gasteiger partial charge in [0.1, 0.15) is 16.4 Å². The van der Waals surface area contributed by atoms with Crippen molar-refractivity contribution in [2.75, 3.05) is 13.0 Å². The van der Waals surface area contributed by atoms with Gasteiger partial charge < -0.3 is 10.5 Å². The summed E-state index contributed by atoms with van der Waals surface area (Å²) in [5.74, 6) is -1.37. The van der Waals surface area contributed by atoms with Gasteiger partial charge in [-0.15, -0.1) is 11.6 Å². The zero-order valence-electron chi connectivity index (χ0n) is 15.0. The average molecular weight is 449 g/mol. The van der Waals surface area contributed by atoms with Gasteiger partial charge in [-0.25, -0.2) is 28.3 Å². The van der Waals surface area contributed by atoms with Crippen molar-refractivity contribution in [2.24, 2.45) is 10.9 Å². The number of hydrogen-bond donors (Lipinski definition) is 2. The van der Waals surface area contributed by atoms with Crippen molar-refractivity contribution in [2.45, 2.75) is 18.2 Å². The standard InChI is InChI=1S/C9H10N2O5S.C7H8Cl2N2/c1-16-9(13)6-4-2-3-5(8(10)12)7(6)17(11,14)15;1-5-6(2-3-8)7(9)11-4-10-5/h2-4H,1H3,(H2,10,12)(H2,11,14,15);4H,2-3H2,1H3. The summed E-state index contributed by atoms with van der Waals surface area (Å²) < 4.78 is 27.1. The summed E-state index contributed by atoms with van der Waals surface area (Å²) in [4.78, 5) is 29.7. The van der Waals surface area contributed by atoms with Crippen molar-refractivity contribution >= 4 is 45.1 Å². The van der Waals surface area contributed by atoms with Crippen LogP contribution in [-0.2, 0) is 21.2 Å². The number of nitrogens with two attached hydrogens (primary N) is 2. The molecule has 0 fully saturated rings. The summed E-state index contributed by atoms with van der Waals surface area (Å²) in [6, 6.07) is 3.65. The molecule has 1 amide bonds. The van der Waals surface area contributed by atoms with Crippen molar-refractivity contribution in [3.8, 4) is 0 Å². The van der Waals surface area contributed by atoms with Crippen LogP contribution in [0, 0.1) is 6.92 Å². The number of alkyl halides is 1. The molecule has 1 heterocycles. The lowest BCUT2D eigenvalue weighted by atomic mass is 10.1. The second-order valence-electron chi connectivity index (χ2n) is 5.25. The first-order valence-corrected chi connectivity index (χ1v) is 10.1. The lowest BCUT2D eigenvalue weighted by molar-refractivity contribution is 0.0596. The van der Waals surface area contributed by atoms with Crippen LogP contribution in [0.2, 0.25) is 5.15 Å². The smallest absolute Gasteiger partial charge is 0.339 e. The fourth-order valence-electron chi connectivity index (χ4n) is 2.16. The number of benzene rings is 1. The van der Waals surface area contributed by atoms with E-state index in [1.165, 1.54) is 18.5 Å². The molecule has 9 nitrogen and oxygen atoms in total. The molecular weight excluding hydrogens is 431 g/mol. The van der Waals surface area contributed by atoms with E-state index >= 15 is 0 Å². The number of esters is 1. The predicted molar refractivity (Wildman–Crippen MR) is 104 cm³/mol. The molecule has 0 saturated heterocycles. The number of hydrogen-bond acceptors (Lipinski definition) is 7. The second-order valence-corrected chi connectivity index (χ2v) is 7.48. The van der Waals surface area contributed by atoms with E-state index in [9.17, 15) is 18.0 Å². The van der Waals surface area contributed by atoms with E-state index in [1.807, 2.05) is 6.92 Å². The molecule has 2 aromatic rings. The van der Waals surface area contributed by atoms with E-state index in [1.54, 1.807) is 0 Å². The Morgan fingerprint density at radius 2 is 1.82 bits per heavy atom. The average Bonchev–Trinajstić information content (AvgIpc) is 2.63. The molecule has 1 aromatic carbocycles. The van der Waals surface area contributed by atoms with Crippen molar-refractivity contribution in [3.05, 3.63) is 52.1 Å². The number of rotatable bonds is 5. The van der Waals surface area contributed by atoms with E-state index in [2.05, 4.69) is 14.7 Å². The Hall–Kier alpha value is -2.27. The van der Waals surface area contributed by atoms with Gasteiger partial charge in [0.25, 0.3) is 0 Å². The van der Waals surface area contributed by atoms with Gasteiger partial charge in [-0.3, -0.25) is 4.79 Å². The van der Waals surface area contributed by atoms with Crippen LogP contribution in [0.25, 0.3) is 0 Å². The minimum atomic E-state index is -4.27. The quantitative estimate of drug-likeness (QED) is 0.397. The van der Waals surface area contributed by atoms with Crippen LogP contribution in [0.4, 0.5) is 0 Å². The molecule has 0 bridgehead atoms. The number of sulfonamides is 1. The lowest BCUT2D eigenvalue weighted by Gasteiger charge is -2.09. The maximum Gasteiger partial charge on any atom is 0.339 e. The maximum absolute atomic E-state index is 11.4. The molecule has 28 heavy (non-hydrogen) atoms. The van der Waals surface area contributed by atoms with E-state index in [-0.39, 0.29) is 11.1 Å². The van der Waals surface area contributed by atoms with Gasteiger partial charge in [-0.05, 0) is 25.5 Å². The van der Waals surface area contributed by atoms with Crippen LogP contribution in [0.1, 0.15) is 32.0 Å². The number of aryl methyl sites for hydroxylation is 1. The predicted octanol–water partition coefficient (Wildman–Crippen LogP) is 1.44. The molecule has 12 heteroatoms. The van der Waals surface area contributed by atoms with Crippen molar-refractivity contribution in [1.29, 1.82) is 0 Å². The molecule has 0 saturated carbocycles. The Morgan fingerprint density at radius 1 is 1.21 bits per heavy atom. The molecule has 4 N–H and O–H groups in total. The molecule has 0 spiro atoms. The number of primary sulfonamides is 1. The number of carbonyl (C=O) groups is 2. The van der Waals surface area contributed by atoms with Gasteiger partial charge in [0, 0.05) is 17.1 Å². The summed E-state index contributed by atoms with van der Waals surface area (Å²) in [7, 11) is -3.19. The highest BCUT2D eigenvalue weighted by Gasteiger charge is 2.25. The summed E-state index contributed by atoms with van der Waals surface area (Å²) in [5.41, 5.74) is 6.19. The van der Waals surface area contributed by atoms with Gasteiger partial charge in [0.2, 0.25) is 15.9 Å². The molecule has 0 aliphatic carbocycles. The van der Waals surface area contributed by atoms with Gasteiger partial charge in [0.05, 0.1) is 18.2 Å². The molecule has 0 atom stereocenters. The van der Waals surface area contributed by atoms with Gasteiger partial charge in [-0.1, -0.05) is 17.7 Å². The number of methoxy groups -OCH3 is 1. The van der Waals surface area contributed by atoms with Crippen LogP contribution >= 0.6 is 23.2 Å². The Morgan fingerprint density at radius 3 is 2.29 bits per heavy atom. The third-order valence-corrected chi connectivity index (χ3v) is 4.95. The van der Waals surface area contributed by atoms with Crippen molar-refractivity contribution in [1.82, 2.24) is 9.97 Å². The van der Waals surface area contributed by atoms with Crippen LogP contribution in [0.3, 0.4) is 0 Å². The normalized spacial score (nSPS) is 10.6. The highest BCUT2D eigenvalue weighted by atomic mass is 35.5. The largest absolute Gasteiger partial charge is 0.465 e. The molecule has 1 aromatic heterocycles. The van der Waals surface area contributed by atoms with E-state index in [0.29, 0.717) is 11.0 Å². The third kappa shape index (κ3) is 6.13. The van der Waals surface area contributed by atoms with Gasteiger partial charge >= 0.3 is 5.97 Å². The molecule has 0 radical (unpaired) electrons. The first kappa shape index (κ1) is 23.8. The van der Waals surface area contributed by atoms with E-state index in [4.69, 9.17) is 34.1 Å². The number of halogens is 2. The summed E-state index contributed by atoms with van der Waals surface area (Å²) in [6.07, 6.45) is 2.18. The summed E-state index contributed by atoms with van der Waals surface area (Å²) in [6.45, 7) is 1.90. The zero-order valence-corrected chi connectivity index (χ0v) is 17.3. The minimum absolute atomic E-state index is 0.327. The number of nitrogens with zero attached hydrogens (tertiary/aromatic N) is 2. The Balaban J connectivity index is 0.000000307. The van der Waals surface area contributed by atoms with Crippen LogP contribution in [-0.4, -0.2) is 43.3 Å². The third-order valence-electron chi connectivity index (χ3n) is 3.42.